The highest BCUT2D eigenvalue weighted by Gasteiger charge is 2.33. The number of nitriles is 1. The number of pyridine rings is 1. The summed E-state index contributed by atoms with van der Waals surface area (Å²) in [7, 11) is 0. The lowest BCUT2D eigenvalue weighted by atomic mass is 9.85. The molecule has 2 unspecified atom stereocenters. The van der Waals surface area contributed by atoms with E-state index in [0.29, 0.717) is 24.5 Å². The second-order valence-corrected chi connectivity index (χ2v) is 9.14. The molecular formula is C29H33N3O3. The number of rotatable bonds is 10. The van der Waals surface area contributed by atoms with Gasteiger partial charge >= 0.3 is 0 Å². The summed E-state index contributed by atoms with van der Waals surface area (Å²) < 4.78 is 11.8. The summed E-state index contributed by atoms with van der Waals surface area (Å²) in [6.07, 6.45) is 2.34. The van der Waals surface area contributed by atoms with Gasteiger partial charge in [0.25, 0.3) is 5.91 Å². The normalized spacial score (nSPS) is 12.8. The third kappa shape index (κ3) is 6.83. The number of nitrogens with zero attached hydrogens (tertiary/aromatic N) is 2. The average molecular weight is 472 g/mol. The Morgan fingerprint density at radius 1 is 1.14 bits per heavy atom. The van der Waals surface area contributed by atoms with E-state index in [9.17, 15) is 10.1 Å². The maximum atomic E-state index is 13.3. The Labute approximate surface area is 207 Å². The number of para-hydroxylation sites is 1. The molecule has 0 saturated carbocycles. The van der Waals surface area contributed by atoms with Gasteiger partial charge in [-0.15, -0.1) is 0 Å². The number of carbonyl (C=O) groups excluding carboxylic acids is 1. The van der Waals surface area contributed by atoms with E-state index in [-0.39, 0.29) is 17.9 Å². The molecule has 0 aliphatic carbocycles. The monoisotopic (exact) mass is 471 g/mol. The van der Waals surface area contributed by atoms with Crippen molar-refractivity contribution in [1.29, 1.82) is 5.26 Å². The van der Waals surface area contributed by atoms with E-state index < -0.39 is 5.60 Å². The molecular weight excluding hydrogens is 438 g/mol. The number of carbonyl (C=O) groups is 1. The lowest BCUT2D eigenvalue weighted by Crippen LogP contribution is -2.51. The van der Waals surface area contributed by atoms with E-state index in [0.717, 1.165) is 22.4 Å². The predicted octanol–water partition coefficient (Wildman–Crippen LogP) is 5.35. The highest BCUT2D eigenvalue weighted by molar-refractivity contribution is 5.85. The van der Waals surface area contributed by atoms with Crippen molar-refractivity contribution in [3.8, 4) is 17.7 Å². The summed E-state index contributed by atoms with van der Waals surface area (Å²) in [4.78, 5) is 17.5. The molecule has 0 aliphatic heterocycles. The summed E-state index contributed by atoms with van der Waals surface area (Å²) in [5, 5.41) is 12.6. The Bertz CT molecular complexity index is 1180. The van der Waals surface area contributed by atoms with Crippen LogP contribution in [0.15, 0.2) is 66.9 Å². The second kappa shape index (κ2) is 11.5. The van der Waals surface area contributed by atoms with E-state index in [2.05, 4.69) is 16.4 Å². The molecule has 0 bridgehead atoms. The van der Waals surface area contributed by atoms with Crippen molar-refractivity contribution in [2.24, 2.45) is 0 Å². The molecule has 0 aliphatic rings. The van der Waals surface area contributed by atoms with Gasteiger partial charge in [-0.2, -0.15) is 5.26 Å². The SMILES string of the molecule is CCOc1ccccc1CC(c1cccc(C#N)c1)C(C)NC(=O)C(C)(C)Oc1ccc(C)cn1. The van der Waals surface area contributed by atoms with Crippen molar-refractivity contribution >= 4 is 5.91 Å². The molecule has 3 rings (SSSR count). The fourth-order valence-corrected chi connectivity index (χ4v) is 3.93. The largest absolute Gasteiger partial charge is 0.494 e. The summed E-state index contributed by atoms with van der Waals surface area (Å²) in [6, 6.07) is 21.1. The Balaban J connectivity index is 1.85. The first kappa shape index (κ1) is 25.8. The summed E-state index contributed by atoms with van der Waals surface area (Å²) in [5.41, 5.74) is 2.49. The molecule has 182 valence electrons. The number of hydrogen-bond donors (Lipinski definition) is 1. The van der Waals surface area contributed by atoms with Gasteiger partial charge in [-0.1, -0.05) is 36.4 Å². The minimum absolute atomic E-state index is 0.0952. The van der Waals surface area contributed by atoms with Crippen LogP contribution in [0.5, 0.6) is 11.6 Å². The topological polar surface area (TPSA) is 84.2 Å². The first-order valence-electron chi connectivity index (χ1n) is 11.9. The van der Waals surface area contributed by atoms with Gasteiger partial charge in [0.1, 0.15) is 5.75 Å². The maximum Gasteiger partial charge on any atom is 0.263 e. The molecule has 0 radical (unpaired) electrons. The summed E-state index contributed by atoms with van der Waals surface area (Å²) in [6.45, 7) is 9.90. The molecule has 3 aromatic rings. The van der Waals surface area contributed by atoms with Gasteiger partial charge in [0.05, 0.1) is 18.2 Å². The Morgan fingerprint density at radius 3 is 2.60 bits per heavy atom. The van der Waals surface area contributed by atoms with E-state index >= 15 is 0 Å². The molecule has 1 aromatic heterocycles. The van der Waals surface area contributed by atoms with Crippen molar-refractivity contribution in [3.05, 3.63) is 89.1 Å². The minimum atomic E-state index is -1.13. The van der Waals surface area contributed by atoms with Gasteiger partial charge in [0.15, 0.2) is 5.60 Å². The molecule has 1 N–H and O–H groups in total. The molecule has 1 heterocycles. The lowest BCUT2D eigenvalue weighted by molar-refractivity contribution is -0.135. The number of ether oxygens (including phenoxy) is 2. The van der Waals surface area contributed by atoms with Gasteiger partial charge in [0, 0.05) is 24.2 Å². The van der Waals surface area contributed by atoms with Crippen LogP contribution in [0, 0.1) is 18.3 Å². The molecule has 0 spiro atoms. The molecule has 1 amide bonds. The minimum Gasteiger partial charge on any atom is -0.494 e. The van der Waals surface area contributed by atoms with Crippen LogP contribution in [0.25, 0.3) is 0 Å². The van der Waals surface area contributed by atoms with Crippen LogP contribution in [0.1, 0.15) is 55.9 Å². The zero-order chi connectivity index (χ0) is 25.4. The van der Waals surface area contributed by atoms with Crippen molar-refractivity contribution in [3.63, 3.8) is 0 Å². The smallest absolute Gasteiger partial charge is 0.263 e. The van der Waals surface area contributed by atoms with E-state index in [1.807, 2.05) is 69.3 Å². The van der Waals surface area contributed by atoms with E-state index in [4.69, 9.17) is 9.47 Å². The zero-order valence-electron chi connectivity index (χ0n) is 21.0. The van der Waals surface area contributed by atoms with Gasteiger partial charge in [-0.25, -0.2) is 4.98 Å². The standard InChI is InChI=1S/C29H33N3O3/c1-6-34-26-13-8-7-11-24(26)17-25(23-12-9-10-22(16-23)18-30)21(3)32-28(33)29(4,5)35-27-15-14-20(2)19-31-27/h7-16,19,21,25H,6,17H2,1-5H3,(H,32,33). The summed E-state index contributed by atoms with van der Waals surface area (Å²) in [5.74, 6) is 0.880. The predicted molar refractivity (Wildman–Crippen MR) is 136 cm³/mol. The molecule has 6 nitrogen and oxygen atoms in total. The third-order valence-electron chi connectivity index (χ3n) is 5.91. The molecule has 2 aromatic carbocycles. The quantitative estimate of drug-likeness (QED) is 0.431. The Morgan fingerprint density at radius 2 is 1.91 bits per heavy atom. The number of nitrogens with one attached hydrogen (secondary N) is 1. The fraction of sp³-hybridized carbons (Fsp3) is 0.345. The zero-order valence-corrected chi connectivity index (χ0v) is 21.0. The van der Waals surface area contributed by atoms with E-state index in [1.165, 1.54) is 0 Å². The number of amides is 1. The van der Waals surface area contributed by atoms with Crippen molar-refractivity contribution in [2.75, 3.05) is 6.61 Å². The first-order chi connectivity index (χ1) is 16.7. The Hall–Kier alpha value is -3.85. The van der Waals surface area contributed by atoms with Crippen molar-refractivity contribution in [1.82, 2.24) is 10.3 Å². The van der Waals surface area contributed by atoms with Crippen LogP contribution in [0.2, 0.25) is 0 Å². The van der Waals surface area contributed by atoms with Crippen LogP contribution < -0.4 is 14.8 Å². The van der Waals surface area contributed by atoms with Crippen molar-refractivity contribution in [2.45, 2.75) is 58.6 Å². The molecule has 2 atom stereocenters. The highest BCUT2D eigenvalue weighted by atomic mass is 16.5. The summed E-state index contributed by atoms with van der Waals surface area (Å²) >= 11 is 0. The highest BCUT2D eigenvalue weighted by Crippen LogP contribution is 2.30. The van der Waals surface area contributed by atoms with E-state index in [1.54, 1.807) is 32.2 Å². The van der Waals surface area contributed by atoms with Crippen molar-refractivity contribution < 1.29 is 14.3 Å². The van der Waals surface area contributed by atoms with Gasteiger partial charge in [-0.05, 0) is 75.9 Å². The number of hydrogen-bond acceptors (Lipinski definition) is 5. The molecule has 0 saturated heterocycles. The van der Waals surface area contributed by atoms with Crippen LogP contribution in [0.4, 0.5) is 0 Å². The van der Waals surface area contributed by atoms with Crippen LogP contribution >= 0.6 is 0 Å². The van der Waals surface area contributed by atoms with Crippen LogP contribution in [0.3, 0.4) is 0 Å². The van der Waals surface area contributed by atoms with Crippen LogP contribution in [-0.2, 0) is 11.2 Å². The average Bonchev–Trinajstić information content (AvgIpc) is 2.84. The van der Waals surface area contributed by atoms with Gasteiger partial charge in [0.2, 0.25) is 5.88 Å². The van der Waals surface area contributed by atoms with Crippen LogP contribution in [-0.4, -0.2) is 29.1 Å². The third-order valence-corrected chi connectivity index (χ3v) is 5.91. The number of aromatic nitrogens is 1. The molecule has 35 heavy (non-hydrogen) atoms. The number of benzene rings is 2. The van der Waals surface area contributed by atoms with Gasteiger partial charge in [-0.3, -0.25) is 4.79 Å². The number of aryl methyl sites for hydroxylation is 1. The maximum absolute atomic E-state index is 13.3. The lowest BCUT2D eigenvalue weighted by Gasteiger charge is -2.31. The first-order valence-corrected chi connectivity index (χ1v) is 11.9. The molecule has 0 fully saturated rings. The molecule has 6 heteroatoms. The second-order valence-electron chi connectivity index (χ2n) is 9.14. The van der Waals surface area contributed by atoms with Gasteiger partial charge < -0.3 is 14.8 Å². The fourth-order valence-electron chi connectivity index (χ4n) is 3.93. The Kier molecular flexibility index (Phi) is 8.48.